The van der Waals surface area contributed by atoms with Gasteiger partial charge in [0.05, 0.1) is 11.5 Å². The van der Waals surface area contributed by atoms with Crippen LogP contribution in [0.25, 0.3) is 0 Å². The fraction of sp³-hybridized carbons (Fsp3) is 0.938. The number of hydrogen-bond donors (Lipinski definition) is 0. The summed E-state index contributed by atoms with van der Waals surface area (Å²) in [4.78, 5) is 14.9. The number of hydrogen-bond acceptors (Lipinski definition) is 3. The summed E-state index contributed by atoms with van der Waals surface area (Å²) in [6, 6.07) is 0.869. The molecule has 0 N–H and O–H groups in total. The first-order valence-corrected chi connectivity index (χ1v) is 10.3. The molecule has 3 aliphatic rings. The topological polar surface area (TPSA) is 54.5 Å². The maximum atomic E-state index is 12.7. The predicted octanol–water partition coefficient (Wildman–Crippen LogP) is 2.38. The zero-order valence-electron chi connectivity index (χ0n) is 13.0. The van der Waals surface area contributed by atoms with Crippen molar-refractivity contribution in [2.75, 3.05) is 11.5 Å². The van der Waals surface area contributed by atoms with Crippen molar-refractivity contribution in [3.8, 4) is 0 Å². The van der Waals surface area contributed by atoms with Crippen molar-refractivity contribution >= 4 is 15.7 Å². The van der Waals surface area contributed by atoms with E-state index in [4.69, 9.17) is 0 Å². The normalized spacial score (nSPS) is 35.6. The summed E-state index contributed by atoms with van der Waals surface area (Å²) in [7, 11) is -2.87. The molecule has 0 aromatic heterocycles. The summed E-state index contributed by atoms with van der Waals surface area (Å²) in [6.45, 7) is 2.29. The molecule has 1 unspecified atom stereocenters. The molecule has 0 bridgehead atoms. The minimum atomic E-state index is -2.87. The van der Waals surface area contributed by atoms with Gasteiger partial charge in [0, 0.05) is 18.5 Å². The van der Waals surface area contributed by atoms with Gasteiger partial charge in [-0.2, -0.15) is 0 Å². The number of sulfone groups is 1. The fourth-order valence-corrected chi connectivity index (χ4v) is 5.83. The number of rotatable bonds is 4. The molecule has 1 amide bonds. The molecule has 0 radical (unpaired) electrons. The van der Waals surface area contributed by atoms with E-state index >= 15 is 0 Å². The summed E-state index contributed by atoms with van der Waals surface area (Å²) in [5.74, 6) is 1.57. The lowest BCUT2D eigenvalue weighted by atomic mass is 9.86. The van der Waals surface area contributed by atoms with E-state index in [9.17, 15) is 13.2 Å². The molecule has 1 atom stereocenters. The largest absolute Gasteiger partial charge is 0.337 e. The van der Waals surface area contributed by atoms with Crippen molar-refractivity contribution in [3.63, 3.8) is 0 Å². The average Bonchev–Trinajstić information content (AvgIpc) is 3.17. The van der Waals surface area contributed by atoms with Gasteiger partial charge in [0.1, 0.15) is 0 Å². The lowest BCUT2D eigenvalue weighted by Crippen LogP contribution is -2.44. The van der Waals surface area contributed by atoms with E-state index in [0.717, 1.165) is 31.6 Å². The van der Waals surface area contributed by atoms with E-state index in [1.807, 2.05) is 0 Å². The van der Waals surface area contributed by atoms with E-state index in [-0.39, 0.29) is 23.3 Å². The highest BCUT2D eigenvalue weighted by atomic mass is 32.2. The molecule has 3 rings (SSSR count). The smallest absolute Gasteiger partial charge is 0.223 e. The van der Waals surface area contributed by atoms with Crippen LogP contribution in [0.4, 0.5) is 0 Å². The maximum Gasteiger partial charge on any atom is 0.223 e. The Kier molecular flexibility index (Phi) is 4.30. The van der Waals surface area contributed by atoms with Gasteiger partial charge in [-0.3, -0.25) is 4.79 Å². The molecule has 1 heterocycles. The van der Waals surface area contributed by atoms with Crippen LogP contribution in [0, 0.1) is 11.8 Å². The van der Waals surface area contributed by atoms with Gasteiger partial charge in [-0.1, -0.05) is 6.92 Å². The Morgan fingerprint density at radius 2 is 1.57 bits per heavy atom. The van der Waals surface area contributed by atoms with E-state index in [1.54, 1.807) is 0 Å². The Bertz CT molecular complexity index is 490. The molecule has 3 fully saturated rings. The molecule has 2 saturated carbocycles. The quantitative estimate of drug-likeness (QED) is 0.801. The van der Waals surface area contributed by atoms with Gasteiger partial charge in [0.25, 0.3) is 0 Å². The minimum Gasteiger partial charge on any atom is -0.337 e. The van der Waals surface area contributed by atoms with E-state index in [2.05, 4.69) is 11.8 Å². The second kappa shape index (κ2) is 5.90. The summed E-state index contributed by atoms with van der Waals surface area (Å²) in [6.07, 6.45) is 8.11. The molecule has 1 saturated heterocycles. The van der Waals surface area contributed by atoms with Crippen LogP contribution in [0.1, 0.15) is 58.3 Å². The Morgan fingerprint density at radius 3 is 2.05 bits per heavy atom. The van der Waals surface area contributed by atoms with Crippen LogP contribution >= 0.6 is 0 Å². The fourth-order valence-electron chi connectivity index (χ4n) is 3.96. The third kappa shape index (κ3) is 3.79. The lowest BCUT2D eigenvalue weighted by Gasteiger charge is -2.37. The third-order valence-corrected chi connectivity index (χ3v) is 7.23. The van der Waals surface area contributed by atoms with Gasteiger partial charge in [0.15, 0.2) is 9.84 Å². The maximum absolute atomic E-state index is 12.7. The van der Waals surface area contributed by atoms with Gasteiger partial charge in [0.2, 0.25) is 5.91 Å². The highest BCUT2D eigenvalue weighted by Crippen LogP contribution is 2.36. The molecule has 1 aliphatic heterocycles. The van der Waals surface area contributed by atoms with E-state index in [1.165, 1.54) is 12.8 Å². The van der Waals surface area contributed by atoms with Crippen LogP contribution in [-0.2, 0) is 14.6 Å². The second-order valence-electron chi connectivity index (χ2n) is 7.42. The summed E-state index contributed by atoms with van der Waals surface area (Å²) in [5, 5.41) is 0. The molecule has 0 spiro atoms. The Morgan fingerprint density at radius 1 is 1.00 bits per heavy atom. The predicted molar refractivity (Wildman–Crippen MR) is 82.7 cm³/mol. The van der Waals surface area contributed by atoms with Crippen LogP contribution in [-0.4, -0.2) is 42.8 Å². The minimum absolute atomic E-state index is 0.0614. The van der Waals surface area contributed by atoms with Crippen LogP contribution < -0.4 is 0 Å². The monoisotopic (exact) mass is 313 g/mol. The van der Waals surface area contributed by atoms with Gasteiger partial charge in [-0.05, 0) is 56.8 Å². The van der Waals surface area contributed by atoms with E-state index in [0.29, 0.717) is 24.9 Å². The number of nitrogens with zero attached hydrogens (tertiary/aromatic N) is 1. The van der Waals surface area contributed by atoms with Crippen LogP contribution in [0.5, 0.6) is 0 Å². The second-order valence-corrected chi connectivity index (χ2v) is 9.65. The third-order valence-electron chi connectivity index (χ3n) is 5.40. The zero-order valence-corrected chi connectivity index (χ0v) is 13.8. The van der Waals surface area contributed by atoms with Crippen LogP contribution in [0.2, 0.25) is 0 Å². The van der Waals surface area contributed by atoms with Crippen LogP contribution in [0.3, 0.4) is 0 Å². The summed E-state index contributed by atoms with van der Waals surface area (Å²) >= 11 is 0. The number of amides is 1. The average molecular weight is 313 g/mol. The van der Waals surface area contributed by atoms with Gasteiger partial charge in [-0.15, -0.1) is 0 Å². The molecule has 2 aliphatic carbocycles. The Balaban J connectivity index is 1.60. The SMILES string of the molecule is CC1CCC(N(C(=O)CC2CCS(=O)(=O)C2)C2CC2)CC1. The van der Waals surface area contributed by atoms with Crippen molar-refractivity contribution in [1.82, 2.24) is 4.90 Å². The molecular weight excluding hydrogens is 286 g/mol. The Hall–Kier alpha value is -0.580. The first kappa shape index (κ1) is 15.3. The molecule has 4 nitrogen and oxygen atoms in total. The molecule has 0 aromatic carbocycles. The number of carbonyl (C=O) groups excluding carboxylic acids is 1. The first-order valence-electron chi connectivity index (χ1n) is 8.46. The lowest BCUT2D eigenvalue weighted by molar-refractivity contribution is -0.136. The zero-order chi connectivity index (χ0) is 15.0. The molecule has 0 aromatic rings. The first-order chi connectivity index (χ1) is 9.94. The standard InChI is InChI=1S/C16H27NO3S/c1-12-2-4-14(5-3-12)17(15-6-7-15)16(18)10-13-8-9-21(19,20)11-13/h12-15H,2-11H2,1H3. The van der Waals surface area contributed by atoms with Crippen molar-refractivity contribution < 1.29 is 13.2 Å². The van der Waals surface area contributed by atoms with Crippen LogP contribution in [0.15, 0.2) is 0 Å². The van der Waals surface area contributed by atoms with E-state index < -0.39 is 9.84 Å². The molecule has 21 heavy (non-hydrogen) atoms. The number of carbonyl (C=O) groups is 1. The molecule has 120 valence electrons. The van der Waals surface area contributed by atoms with Crippen molar-refractivity contribution in [3.05, 3.63) is 0 Å². The molecular formula is C16H27NO3S. The van der Waals surface area contributed by atoms with Gasteiger partial charge in [-0.25, -0.2) is 8.42 Å². The highest BCUT2D eigenvalue weighted by molar-refractivity contribution is 7.91. The summed E-state index contributed by atoms with van der Waals surface area (Å²) < 4.78 is 23.1. The van der Waals surface area contributed by atoms with Crippen molar-refractivity contribution in [2.24, 2.45) is 11.8 Å². The van der Waals surface area contributed by atoms with Crippen molar-refractivity contribution in [1.29, 1.82) is 0 Å². The van der Waals surface area contributed by atoms with Gasteiger partial charge < -0.3 is 4.90 Å². The van der Waals surface area contributed by atoms with Crippen molar-refractivity contribution in [2.45, 2.75) is 70.4 Å². The van der Waals surface area contributed by atoms with Gasteiger partial charge >= 0.3 is 0 Å². The Labute approximate surface area is 128 Å². The highest BCUT2D eigenvalue weighted by Gasteiger charge is 2.40. The molecule has 5 heteroatoms. The summed E-state index contributed by atoms with van der Waals surface area (Å²) in [5.41, 5.74) is 0.